The van der Waals surface area contributed by atoms with Crippen LogP contribution >= 0.6 is 0 Å². The third-order valence-corrected chi connectivity index (χ3v) is 6.00. The zero-order valence-corrected chi connectivity index (χ0v) is 18.6. The van der Waals surface area contributed by atoms with E-state index < -0.39 is 11.9 Å². The second-order valence-corrected chi connectivity index (χ2v) is 8.49. The largest absolute Gasteiger partial charge is 0.433 e. The number of alkyl halides is 3. The predicted octanol–water partition coefficient (Wildman–Crippen LogP) is 4.44. The molecule has 4 heterocycles. The molecule has 1 aliphatic heterocycles. The number of likely N-dealkylation sites (tertiary alicyclic amines) is 1. The van der Waals surface area contributed by atoms with Gasteiger partial charge in [-0.15, -0.1) is 0 Å². The van der Waals surface area contributed by atoms with Crippen molar-refractivity contribution in [3.8, 4) is 0 Å². The molecule has 1 amide bonds. The Kier molecular flexibility index (Phi) is 5.72. The van der Waals surface area contributed by atoms with E-state index in [0.29, 0.717) is 30.8 Å². The summed E-state index contributed by atoms with van der Waals surface area (Å²) in [5, 5.41) is 8.71. The molecule has 3 aromatic rings. The number of amides is 1. The van der Waals surface area contributed by atoms with Gasteiger partial charge in [0.1, 0.15) is 5.69 Å². The number of hydrogen-bond acceptors (Lipinski definition) is 4. The highest BCUT2D eigenvalue weighted by Crippen LogP contribution is 2.35. The summed E-state index contributed by atoms with van der Waals surface area (Å²) >= 11 is 0. The molecule has 10 heteroatoms. The molecule has 0 radical (unpaired) electrons. The van der Waals surface area contributed by atoms with Crippen molar-refractivity contribution >= 4 is 11.6 Å². The maximum absolute atomic E-state index is 13.6. The highest BCUT2D eigenvalue weighted by atomic mass is 19.4. The molecule has 0 unspecified atom stereocenters. The minimum Gasteiger partial charge on any atom is -0.334 e. The standard InChI is InChI=1S/C22H27F3N6O/c1-5-16-11-19(22(23,24)25)31-20(26-16)12-17(28-31)18-7-6-8-29(18)21(32)10-15(4)30-14(3)9-13(2)27-30/h9,11-12,15,18H,5-8,10H2,1-4H3/t15-,18-/m0/s1. The van der Waals surface area contributed by atoms with Crippen LogP contribution in [-0.4, -0.2) is 41.7 Å². The van der Waals surface area contributed by atoms with E-state index in [0.717, 1.165) is 28.4 Å². The van der Waals surface area contributed by atoms with Gasteiger partial charge < -0.3 is 4.90 Å². The maximum Gasteiger partial charge on any atom is 0.433 e. The number of aryl methyl sites for hydroxylation is 3. The lowest BCUT2D eigenvalue weighted by Gasteiger charge is -2.25. The van der Waals surface area contributed by atoms with Crippen LogP contribution in [0, 0.1) is 13.8 Å². The number of carbonyl (C=O) groups excluding carboxylic acids is 1. The molecule has 7 nitrogen and oxygen atoms in total. The second kappa shape index (κ2) is 8.22. The van der Waals surface area contributed by atoms with Gasteiger partial charge in [-0.3, -0.25) is 9.48 Å². The van der Waals surface area contributed by atoms with Crippen molar-refractivity contribution in [2.45, 2.75) is 71.6 Å². The third-order valence-electron chi connectivity index (χ3n) is 6.00. The first kappa shape index (κ1) is 22.3. The smallest absolute Gasteiger partial charge is 0.334 e. The quantitative estimate of drug-likeness (QED) is 0.579. The fourth-order valence-corrected chi connectivity index (χ4v) is 4.51. The summed E-state index contributed by atoms with van der Waals surface area (Å²) in [6.45, 7) is 8.12. The number of hydrogen-bond donors (Lipinski definition) is 0. The molecular weight excluding hydrogens is 421 g/mol. The number of carbonyl (C=O) groups is 1. The molecule has 172 valence electrons. The van der Waals surface area contributed by atoms with Crippen LogP contribution in [-0.2, 0) is 17.4 Å². The number of nitrogens with zero attached hydrogens (tertiary/aromatic N) is 6. The van der Waals surface area contributed by atoms with Gasteiger partial charge in [0.2, 0.25) is 5.91 Å². The minimum atomic E-state index is -4.55. The maximum atomic E-state index is 13.6. The van der Waals surface area contributed by atoms with Gasteiger partial charge in [0, 0.05) is 30.4 Å². The molecule has 1 aliphatic rings. The fraction of sp³-hybridized carbons (Fsp3) is 0.545. The first-order valence-corrected chi connectivity index (χ1v) is 10.9. The van der Waals surface area contributed by atoms with E-state index in [-0.39, 0.29) is 30.1 Å². The summed E-state index contributed by atoms with van der Waals surface area (Å²) in [6, 6.07) is 4.10. The van der Waals surface area contributed by atoms with Crippen LogP contribution in [0.5, 0.6) is 0 Å². The number of halogens is 3. The molecule has 32 heavy (non-hydrogen) atoms. The molecule has 3 aromatic heterocycles. The summed E-state index contributed by atoms with van der Waals surface area (Å²) in [7, 11) is 0. The summed E-state index contributed by atoms with van der Waals surface area (Å²) in [4.78, 5) is 19.2. The zero-order valence-electron chi connectivity index (χ0n) is 18.6. The van der Waals surface area contributed by atoms with Crippen molar-refractivity contribution in [2.75, 3.05) is 6.54 Å². The van der Waals surface area contributed by atoms with E-state index in [1.807, 2.05) is 31.5 Å². The molecular formula is C22H27F3N6O. The molecule has 1 fully saturated rings. The SMILES string of the molecule is CCc1cc(C(F)(F)F)n2nc([C@@H]3CCCN3C(=O)C[C@H](C)n3nc(C)cc3C)cc2n1. The van der Waals surface area contributed by atoms with Crippen molar-refractivity contribution in [3.05, 3.63) is 46.7 Å². The van der Waals surface area contributed by atoms with Crippen LogP contribution in [0.1, 0.15) is 73.7 Å². The Hall–Kier alpha value is -2.91. The third kappa shape index (κ3) is 4.10. The Balaban J connectivity index is 1.61. The highest BCUT2D eigenvalue weighted by molar-refractivity contribution is 5.77. The van der Waals surface area contributed by atoms with Gasteiger partial charge in [0.15, 0.2) is 5.65 Å². The number of fused-ring (bicyclic) bond motifs is 1. The molecule has 0 bridgehead atoms. The van der Waals surface area contributed by atoms with Crippen molar-refractivity contribution in [1.29, 1.82) is 0 Å². The number of aromatic nitrogens is 5. The summed E-state index contributed by atoms with van der Waals surface area (Å²) in [5.74, 6) is -0.0529. The first-order chi connectivity index (χ1) is 15.1. The Labute approximate surface area is 184 Å². The minimum absolute atomic E-state index is 0.0529. The Bertz CT molecular complexity index is 1150. The van der Waals surface area contributed by atoms with E-state index in [9.17, 15) is 18.0 Å². The lowest BCUT2D eigenvalue weighted by Crippen LogP contribution is -2.32. The topological polar surface area (TPSA) is 68.3 Å². The average Bonchev–Trinajstić information content (AvgIpc) is 3.43. The van der Waals surface area contributed by atoms with Gasteiger partial charge in [0.25, 0.3) is 0 Å². The van der Waals surface area contributed by atoms with Gasteiger partial charge in [-0.2, -0.15) is 23.4 Å². The molecule has 1 saturated heterocycles. The van der Waals surface area contributed by atoms with Crippen LogP contribution < -0.4 is 0 Å². The van der Waals surface area contributed by atoms with Gasteiger partial charge in [-0.1, -0.05) is 6.92 Å². The predicted molar refractivity (Wildman–Crippen MR) is 112 cm³/mol. The van der Waals surface area contributed by atoms with Crippen molar-refractivity contribution in [1.82, 2.24) is 29.3 Å². The highest BCUT2D eigenvalue weighted by Gasteiger charge is 2.37. The van der Waals surface area contributed by atoms with E-state index in [2.05, 4.69) is 15.2 Å². The molecule has 0 aromatic carbocycles. The van der Waals surface area contributed by atoms with E-state index in [4.69, 9.17) is 0 Å². The summed E-state index contributed by atoms with van der Waals surface area (Å²) in [6.07, 6.45) is -2.46. The molecule has 2 atom stereocenters. The lowest BCUT2D eigenvalue weighted by molar-refractivity contribution is -0.142. The van der Waals surface area contributed by atoms with Crippen LogP contribution in [0.3, 0.4) is 0 Å². The normalized spacial score (nSPS) is 18.0. The molecule has 0 saturated carbocycles. The van der Waals surface area contributed by atoms with Crippen molar-refractivity contribution in [3.63, 3.8) is 0 Å². The van der Waals surface area contributed by atoms with Crippen molar-refractivity contribution in [2.24, 2.45) is 0 Å². The average molecular weight is 448 g/mol. The van der Waals surface area contributed by atoms with E-state index in [1.165, 1.54) is 0 Å². The lowest BCUT2D eigenvalue weighted by atomic mass is 10.1. The summed E-state index contributed by atoms with van der Waals surface area (Å²) < 4.78 is 43.5. The zero-order chi connectivity index (χ0) is 23.2. The fourth-order valence-electron chi connectivity index (χ4n) is 4.51. The first-order valence-electron chi connectivity index (χ1n) is 10.9. The molecule has 0 aliphatic carbocycles. The van der Waals surface area contributed by atoms with Crippen LogP contribution in [0.2, 0.25) is 0 Å². The molecule has 4 rings (SSSR count). The van der Waals surface area contributed by atoms with Gasteiger partial charge in [-0.05, 0) is 52.2 Å². The van der Waals surface area contributed by atoms with Gasteiger partial charge >= 0.3 is 6.18 Å². The van der Waals surface area contributed by atoms with Gasteiger partial charge in [0.05, 0.1) is 23.5 Å². The monoisotopic (exact) mass is 448 g/mol. The Morgan fingerprint density at radius 2 is 1.97 bits per heavy atom. The van der Waals surface area contributed by atoms with E-state index >= 15 is 0 Å². The Morgan fingerprint density at radius 1 is 1.22 bits per heavy atom. The van der Waals surface area contributed by atoms with Crippen LogP contribution in [0.15, 0.2) is 18.2 Å². The molecule has 0 N–H and O–H groups in total. The Morgan fingerprint density at radius 3 is 2.59 bits per heavy atom. The second-order valence-electron chi connectivity index (χ2n) is 8.49. The van der Waals surface area contributed by atoms with Crippen molar-refractivity contribution < 1.29 is 18.0 Å². The number of rotatable bonds is 5. The molecule has 0 spiro atoms. The van der Waals surface area contributed by atoms with Crippen LogP contribution in [0.25, 0.3) is 5.65 Å². The van der Waals surface area contributed by atoms with Crippen LogP contribution in [0.4, 0.5) is 13.2 Å². The summed E-state index contributed by atoms with van der Waals surface area (Å²) in [5.41, 5.74) is 1.99. The van der Waals surface area contributed by atoms with E-state index in [1.54, 1.807) is 17.9 Å². The van der Waals surface area contributed by atoms with Gasteiger partial charge in [-0.25, -0.2) is 9.50 Å².